The second-order valence-electron chi connectivity index (χ2n) is 16.2. The molecule has 0 saturated heterocycles. The second-order valence-corrected chi connectivity index (χ2v) is 16.2. The lowest BCUT2D eigenvalue weighted by Crippen LogP contribution is -2.20. The smallest absolute Gasteiger partial charge is 0.0707 e. The fourth-order valence-corrected chi connectivity index (χ4v) is 9.13. The van der Waals surface area contributed by atoms with E-state index >= 15 is 0 Å². The summed E-state index contributed by atoms with van der Waals surface area (Å²) in [5.74, 6) is 0.364. The monoisotopic (exact) mass is 804 g/mol. The molecule has 1 heterocycles. The molecule has 2 nitrogen and oxygen atoms in total. The maximum atomic E-state index is 5.41. The van der Waals surface area contributed by atoms with Crippen LogP contribution in [0.1, 0.15) is 65.6 Å². The van der Waals surface area contributed by atoms with Gasteiger partial charge in [0.15, 0.2) is 0 Å². The number of aromatic nitrogens is 1. The van der Waals surface area contributed by atoms with Crippen molar-refractivity contribution in [2.24, 2.45) is 10.9 Å². The normalized spacial score (nSPS) is 15.5. The number of rotatable bonds is 7. The summed E-state index contributed by atoms with van der Waals surface area (Å²) in [5, 5.41) is 2.57. The zero-order valence-electron chi connectivity index (χ0n) is 36.9. The molecular weight excluding hydrogens is 749 g/mol. The van der Waals surface area contributed by atoms with Crippen LogP contribution in [-0.4, -0.2) is 10.3 Å². The minimum atomic E-state index is 0.136. The molecule has 0 spiro atoms. The summed E-state index contributed by atoms with van der Waals surface area (Å²) < 4.78 is 2.48. The van der Waals surface area contributed by atoms with Gasteiger partial charge >= 0.3 is 0 Å². The Morgan fingerprint density at radius 3 is 1.97 bits per heavy atom. The summed E-state index contributed by atoms with van der Waals surface area (Å²) in [6.07, 6.45) is 10.0. The van der Waals surface area contributed by atoms with Crippen molar-refractivity contribution in [3.63, 3.8) is 0 Å². The minimum Gasteiger partial charge on any atom is -0.309 e. The van der Waals surface area contributed by atoms with Crippen molar-refractivity contribution in [1.29, 1.82) is 0 Å². The third-order valence-electron chi connectivity index (χ3n) is 12.2. The lowest BCUT2D eigenvalue weighted by molar-refractivity contribution is 0.709. The van der Waals surface area contributed by atoms with Gasteiger partial charge in [0.25, 0.3) is 0 Å². The maximum Gasteiger partial charge on any atom is 0.0707 e. The minimum absolute atomic E-state index is 0.136. The predicted octanol–water partition coefficient (Wildman–Crippen LogP) is 16.1. The molecule has 8 aromatic rings. The fourth-order valence-electron chi connectivity index (χ4n) is 9.13. The Labute approximate surface area is 368 Å². The molecule has 10 rings (SSSR count). The van der Waals surface area contributed by atoms with Gasteiger partial charge in [-0.2, -0.15) is 0 Å². The molecule has 2 atom stereocenters. The maximum absolute atomic E-state index is 5.41. The van der Waals surface area contributed by atoms with E-state index in [1.54, 1.807) is 0 Å². The molecular formula is C60H56N2. The van der Waals surface area contributed by atoms with Crippen molar-refractivity contribution >= 4 is 38.8 Å². The van der Waals surface area contributed by atoms with Gasteiger partial charge in [-0.15, -0.1) is 0 Å². The summed E-state index contributed by atoms with van der Waals surface area (Å²) in [7, 11) is 0. The molecule has 2 unspecified atom stereocenters. The highest BCUT2D eigenvalue weighted by atomic mass is 15.0. The molecule has 0 bridgehead atoms. The third-order valence-corrected chi connectivity index (χ3v) is 12.2. The van der Waals surface area contributed by atoms with Gasteiger partial charge in [-0.3, -0.25) is 4.99 Å². The quantitative estimate of drug-likeness (QED) is 0.113. The summed E-state index contributed by atoms with van der Waals surface area (Å²) in [5.41, 5.74) is 19.5. The highest BCUT2D eigenvalue weighted by Crippen LogP contribution is 2.47. The SMILES string of the molecule is C=C(/C=C(\N=C(C)C1C=CC=C2Cc3ccc(-n4c5ccccc5c5cc(C)c(-c6ccccc6C)cc54)cc3C21)c1ccccc1)c1ccccc1.CC.Cc1ccccc1. The van der Waals surface area contributed by atoms with E-state index < -0.39 is 0 Å². The summed E-state index contributed by atoms with van der Waals surface area (Å²) in [6.45, 7) is 17.2. The third kappa shape index (κ3) is 8.47. The van der Waals surface area contributed by atoms with Crippen molar-refractivity contribution in [3.05, 3.63) is 245 Å². The van der Waals surface area contributed by atoms with Crippen molar-refractivity contribution in [3.8, 4) is 16.8 Å². The number of allylic oxidation sites excluding steroid dienone is 6. The van der Waals surface area contributed by atoms with Crippen LogP contribution >= 0.6 is 0 Å². The lowest BCUT2D eigenvalue weighted by Gasteiger charge is -2.26. The molecule has 0 fully saturated rings. The van der Waals surface area contributed by atoms with Crippen molar-refractivity contribution < 1.29 is 0 Å². The molecule has 62 heavy (non-hydrogen) atoms. The predicted molar refractivity (Wildman–Crippen MR) is 268 cm³/mol. The van der Waals surface area contributed by atoms with Crippen LogP contribution in [0.4, 0.5) is 0 Å². The highest BCUT2D eigenvalue weighted by molar-refractivity contribution is 6.11. The number of hydrogen-bond donors (Lipinski definition) is 0. The standard InChI is InChI=1S/C51H42N2.C7H8.C2H6/c1-33-16-11-12-22-42(33)45-32-50-47(28-35(45)3)44-23-13-14-25-49(44)53(50)41-27-26-39-30-40-21-15-24-43(51(40)46(39)31-41)36(4)52-48(38-19-9-6-10-20-38)29-34(2)37-17-7-5-8-18-37;1-7-5-3-2-4-6-7;1-2/h5-29,31-32,43,51H,2,30H2,1,3-4H3;2-6H,1H3;1-2H3/b48-29-,52-36?;;. The van der Waals surface area contributed by atoms with Gasteiger partial charge < -0.3 is 4.57 Å². The van der Waals surface area contributed by atoms with Crippen LogP contribution in [0.25, 0.3) is 49.9 Å². The first-order valence-corrected chi connectivity index (χ1v) is 22.0. The van der Waals surface area contributed by atoms with Gasteiger partial charge in [0.05, 0.1) is 16.7 Å². The van der Waals surface area contributed by atoms with E-state index in [-0.39, 0.29) is 11.8 Å². The van der Waals surface area contributed by atoms with Crippen LogP contribution in [0, 0.1) is 26.7 Å². The number of hydrogen-bond acceptors (Lipinski definition) is 1. The van der Waals surface area contributed by atoms with Crippen LogP contribution in [0.3, 0.4) is 0 Å². The molecule has 7 aromatic carbocycles. The summed E-state index contributed by atoms with van der Waals surface area (Å²) >= 11 is 0. The first-order chi connectivity index (χ1) is 30.3. The van der Waals surface area contributed by atoms with Gasteiger partial charge in [0.2, 0.25) is 0 Å². The Hall–Kier alpha value is -7.03. The van der Waals surface area contributed by atoms with Gasteiger partial charge in [0.1, 0.15) is 0 Å². The molecule has 1 aromatic heterocycles. The van der Waals surface area contributed by atoms with E-state index in [0.29, 0.717) is 0 Å². The molecule has 0 amide bonds. The highest BCUT2D eigenvalue weighted by Gasteiger charge is 2.36. The number of aliphatic imine (C=N–C) groups is 1. The Kier molecular flexibility index (Phi) is 12.6. The number of benzene rings is 7. The molecule has 2 aliphatic carbocycles. The number of aryl methyl sites for hydroxylation is 3. The molecule has 0 radical (unpaired) electrons. The molecule has 0 saturated carbocycles. The van der Waals surface area contributed by atoms with E-state index in [1.165, 1.54) is 72.0 Å². The second kappa shape index (κ2) is 18.7. The van der Waals surface area contributed by atoms with Gasteiger partial charge in [-0.25, -0.2) is 0 Å². The number of fused-ring (bicyclic) bond motifs is 6. The number of para-hydroxylation sites is 1. The zero-order chi connectivity index (χ0) is 43.2. The number of nitrogens with zero attached hydrogens (tertiary/aromatic N) is 2. The van der Waals surface area contributed by atoms with Crippen LogP contribution in [-0.2, 0) is 6.42 Å². The Bertz CT molecular complexity index is 2990. The fraction of sp³-hybridized carbons (Fsp3) is 0.150. The first-order valence-electron chi connectivity index (χ1n) is 22.0. The average Bonchev–Trinajstić information content (AvgIpc) is 3.85. The molecule has 2 heteroatoms. The van der Waals surface area contributed by atoms with Crippen LogP contribution in [0.5, 0.6) is 0 Å². The van der Waals surface area contributed by atoms with E-state index in [0.717, 1.165) is 34.5 Å². The topological polar surface area (TPSA) is 17.3 Å². The summed E-state index contributed by atoms with van der Waals surface area (Å²) in [4.78, 5) is 5.41. The van der Waals surface area contributed by atoms with E-state index in [2.05, 4.69) is 209 Å². The van der Waals surface area contributed by atoms with Gasteiger partial charge in [-0.1, -0.05) is 189 Å². The van der Waals surface area contributed by atoms with Gasteiger partial charge in [-0.05, 0) is 115 Å². The van der Waals surface area contributed by atoms with Crippen LogP contribution in [0.2, 0.25) is 0 Å². The van der Waals surface area contributed by atoms with E-state index in [9.17, 15) is 0 Å². The Balaban J connectivity index is 0.000000531. The van der Waals surface area contributed by atoms with Crippen LogP contribution in [0.15, 0.2) is 211 Å². The molecule has 306 valence electrons. The first kappa shape index (κ1) is 41.7. The Morgan fingerprint density at radius 1 is 0.629 bits per heavy atom. The zero-order valence-corrected chi connectivity index (χ0v) is 36.9. The average molecular weight is 805 g/mol. The van der Waals surface area contributed by atoms with Crippen molar-refractivity contribution in [2.75, 3.05) is 0 Å². The van der Waals surface area contributed by atoms with Crippen molar-refractivity contribution in [1.82, 2.24) is 4.57 Å². The van der Waals surface area contributed by atoms with Gasteiger partial charge in [0, 0.05) is 39.6 Å². The Morgan fingerprint density at radius 2 is 1.27 bits per heavy atom. The molecule has 0 N–H and O–H groups in total. The largest absolute Gasteiger partial charge is 0.309 e. The van der Waals surface area contributed by atoms with E-state index in [1.807, 2.05) is 38.1 Å². The lowest BCUT2D eigenvalue weighted by atomic mass is 9.79. The van der Waals surface area contributed by atoms with E-state index in [4.69, 9.17) is 4.99 Å². The summed E-state index contributed by atoms with van der Waals surface area (Å²) in [6, 6.07) is 60.6. The molecule has 2 aliphatic rings. The van der Waals surface area contributed by atoms with Crippen LogP contribution < -0.4 is 0 Å². The molecule has 0 aliphatic heterocycles. The van der Waals surface area contributed by atoms with Crippen molar-refractivity contribution in [2.45, 2.75) is 53.9 Å².